The first-order chi connectivity index (χ1) is 12.5. The zero-order chi connectivity index (χ0) is 18.5. The zero-order valence-corrected chi connectivity index (χ0v) is 15.4. The van der Waals surface area contributed by atoms with Gasteiger partial charge in [0.25, 0.3) is 5.69 Å². The monoisotopic (exact) mass is 389 g/mol. The Balaban J connectivity index is 1.55. The van der Waals surface area contributed by atoms with Gasteiger partial charge in [0.15, 0.2) is 0 Å². The fourth-order valence-corrected chi connectivity index (χ4v) is 3.50. The lowest BCUT2D eigenvalue weighted by molar-refractivity contribution is -0.384. The molecule has 0 spiro atoms. The molecule has 0 saturated heterocycles. The van der Waals surface area contributed by atoms with Crippen LogP contribution in [0.1, 0.15) is 16.3 Å². The summed E-state index contributed by atoms with van der Waals surface area (Å²) in [6.07, 6.45) is 0.671. The molecule has 2 N–H and O–H groups in total. The molecule has 0 atom stereocenters. The van der Waals surface area contributed by atoms with Crippen LogP contribution in [0.5, 0.6) is 0 Å². The number of aromatic amines is 1. The third-order valence-corrected chi connectivity index (χ3v) is 5.20. The molecule has 2 aromatic heterocycles. The average Bonchev–Trinajstić information content (AvgIpc) is 3.27. The second-order valence-corrected chi connectivity index (χ2v) is 7.39. The highest BCUT2D eigenvalue weighted by Gasteiger charge is 2.13. The van der Waals surface area contributed by atoms with Crippen molar-refractivity contribution in [3.63, 3.8) is 0 Å². The van der Waals surface area contributed by atoms with Crippen molar-refractivity contribution in [2.45, 2.75) is 18.5 Å². The van der Waals surface area contributed by atoms with Crippen LogP contribution in [0, 0.1) is 17.0 Å². The van der Waals surface area contributed by atoms with Gasteiger partial charge in [-0.05, 0) is 23.9 Å². The summed E-state index contributed by atoms with van der Waals surface area (Å²) in [6, 6.07) is 8.36. The van der Waals surface area contributed by atoms with Gasteiger partial charge in [0.1, 0.15) is 5.82 Å². The van der Waals surface area contributed by atoms with Crippen LogP contribution in [-0.2, 0) is 11.2 Å². The minimum absolute atomic E-state index is 0.0641. The number of nitro groups is 1. The van der Waals surface area contributed by atoms with Crippen LogP contribution in [0.2, 0.25) is 0 Å². The van der Waals surface area contributed by atoms with E-state index < -0.39 is 4.92 Å². The van der Waals surface area contributed by atoms with E-state index in [1.807, 2.05) is 17.5 Å². The second kappa shape index (κ2) is 8.11. The Bertz CT molecular complexity index is 924. The third-order valence-electron chi connectivity index (χ3n) is 3.47. The summed E-state index contributed by atoms with van der Waals surface area (Å²) in [5.74, 6) is 0.575. The molecule has 10 heteroatoms. The zero-order valence-electron chi connectivity index (χ0n) is 13.8. The van der Waals surface area contributed by atoms with E-state index in [9.17, 15) is 14.9 Å². The number of amides is 1. The van der Waals surface area contributed by atoms with Crippen LogP contribution in [0.4, 0.5) is 11.4 Å². The maximum Gasteiger partial charge on any atom is 0.271 e. The van der Waals surface area contributed by atoms with Crippen molar-refractivity contribution in [1.82, 2.24) is 15.2 Å². The molecule has 1 aromatic carbocycles. The van der Waals surface area contributed by atoms with E-state index >= 15 is 0 Å². The van der Waals surface area contributed by atoms with Gasteiger partial charge in [-0.25, -0.2) is 4.98 Å². The van der Waals surface area contributed by atoms with Crippen molar-refractivity contribution in [1.29, 1.82) is 0 Å². The highest BCUT2D eigenvalue weighted by atomic mass is 32.2. The van der Waals surface area contributed by atoms with Crippen LogP contribution in [0.3, 0.4) is 0 Å². The first-order valence-electron chi connectivity index (χ1n) is 7.62. The Kier molecular flexibility index (Phi) is 5.64. The number of aromatic nitrogens is 3. The number of rotatable bonds is 7. The number of carbonyl (C=O) groups excluding carboxylic acids is 1. The van der Waals surface area contributed by atoms with Gasteiger partial charge in [0.2, 0.25) is 11.1 Å². The van der Waals surface area contributed by atoms with E-state index in [-0.39, 0.29) is 17.3 Å². The fraction of sp³-hybridized carbons (Fsp3) is 0.188. The maximum absolute atomic E-state index is 12.1. The number of thioether (sulfide) groups is 1. The molecular weight excluding hydrogens is 374 g/mol. The molecule has 0 saturated carbocycles. The number of aryl methyl sites for hydroxylation is 1. The molecular formula is C16H15N5O3S2. The molecule has 3 aromatic rings. The summed E-state index contributed by atoms with van der Waals surface area (Å²) in [4.78, 5) is 28.0. The molecule has 1 amide bonds. The Labute approximate surface area is 157 Å². The molecule has 0 aliphatic rings. The molecule has 8 nitrogen and oxygen atoms in total. The number of non-ortho nitro benzene ring substituents is 1. The Morgan fingerprint density at radius 3 is 3.00 bits per heavy atom. The lowest BCUT2D eigenvalue weighted by Crippen LogP contribution is -2.15. The van der Waals surface area contributed by atoms with Crippen LogP contribution in [0.15, 0.2) is 40.9 Å². The van der Waals surface area contributed by atoms with Crippen molar-refractivity contribution in [3.05, 3.63) is 62.1 Å². The van der Waals surface area contributed by atoms with Crippen molar-refractivity contribution in [2.75, 3.05) is 11.1 Å². The standard InChI is InChI=1S/C16H15N5O3S2/c1-10-4-5-11(21(23)24)7-13(10)17-15(22)9-26-16-18-14(19-20-16)8-12-3-2-6-25-12/h2-7H,8-9H2,1H3,(H,17,22)(H,18,19,20). The minimum atomic E-state index is -0.493. The van der Waals surface area contributed by atoms with E-state index in [1.54, 1.807) is 24.3 Å². The Morgan fingerprint density at radius 1 is 1.42 bits per heavy atom. The molecule has 0 bridgehead atoms. The largest absolute Gasteiger partial charge is 0.325 e. The second-order valence-electron chi connectivity index (χ2n) is 5.41. The number of nitro benzene ring substituents is 1. The van der Waals surface area contributed by atoms with Gasteiger partial charge in [0, 0.05) is 23.4 Å². The molecule has 0 radical (unpaired) electrons. The Hall–Kier alpha value is -2.72. The molecule has 26 heavy (non-hydrogen) atoms. The maximum atomic E-state index is 12.1. The topological polar surface area (TPSA) is 114 Å². The van der Waals surface area contributed by atoms with E-state index in [0.29, 0.717) is 17.3 Å². The molecule has 2 heterocycles. The number of carbonyl (C=O) groups is 1. The number of anilines is 1. The predicted molar refractivity (Wildman–Crippen MR) is 101 cm³/mol. The van der Waals surface area contributed by atoms with Gasteiger partial charge < -0.3 is 5.32 Å². The summed E-state index contributed by atoms with van der Waals surface area (Å²) < 4.78 is 0. The lowest BCUT2D eigenvalue weighted by atomic mass is 10.2. The molecule has 0 unspecified atom stereocenters. The number of hydrogen-bond acceptors (Lipinski definition) is 7. The third kappa shape index (κ3) is 4.67. The van der Waals surface area contributed by atoms with Crippen molar-refractivity contribution >= 4 is 40.4 Å². The van der Waals surface area contributed by atoms with Gasteiger partial charge >= 0.3 is 0 Å². The highest BCUT2D eigenvalue weighted by Crippen LogP contribution is 2.22. The smallest absolute Gasteiger partial charge is 0.271 e. The lowest BCUT2D eigenvalue weighted by Gasteiger charge is -2.07. The van der Waals surface area contributed by atoms with Crippen LogP contribution in [0.25, 0.3) is 0 Å². The van der Waals surface area contributed by atoms with E-state index in [4.69, 9.17) is 0 Å². The highest BCUT2D eigenvalue weighted by molar-refractivity contribution is 7.99. The van der Waals surface area contributed by atoms with Crippen molar-refractivity contribution in [2.24, 2.45) is 0 Å². The minimum Gasteiger partial charge on any atom is -0.325 e. The van der Waals surface area contributed by atoms with Gasteiger partial charge in [-0.1, -0.05) is 23.9 Å². The number of thiophene rings is 1. The number of benzene rings is 1. The van der Waals surface area contributed by atoms with Gasteiger partial charge in [-0.3, -0.25) is 20.0 Å². The normalized spacial score (nSPS) is 10.7. The predicted octanol–water partition coefficient (Wildman–Crippen LogP) is 3.40. The van der Waals surface area contributed by atoms with E-state index in [0.717, 1.165) is 11.4 Å². The van der Waals surface area contributed by atoms with Crippen molar-refractivity contribution in [3.8, 4) is 0 Å². The van der Waals surface area contributed by atoms with Crippen molar-refractivity contribution < 1.29 is 9.72 Å². The average molecular weight is 389 g/mol. The summed E-state index contributed by atoms with van der Waals surface area (Å²) >= 11 is 2.85. The molecule has 0 aliphatic heterocycles. The summed E-state index contributed by atoms with van der Waals surface area (Å²) in [6.45, 7) is 1.78. The summed E-state index contributed by atoms with van der Waals surface area (Å²) in [5.41, 5.74) is 1.12. The summed E-state index contributed by atoms with van der Waals surface area (Å²) in [7, 11) is 0. The van der Waals surface area contributed by atoms with Gasteiger partial charge in [-0.2, -0.15) is 0 Å². The number of nitrogens with one attached hydrogen (secondary N) is 2. The van der Waals surface area contributed by atoms with Crippen LogP contribution >= 0.6 is 23.1 Å². The Morgan fingerprint density at radius 2 is 2.27 bits per heavy atom. The fourth-order valence-electron chi connectivity index (χ4n) is 2.17. The SMILES string of the molecule is Cc1ccc([N+](=O)[O-])cc1NC(=O)CSc1n[nH]c(Cc2cccs2)n1. The first-order valence-corrected chi connectivity index (χ1v) is 9.49. The number of H-pyrrole nitrogens is 1. The van der Waals surface area contributed by atoms with Gasteiger partial charge in [-0.15, -0.1) is 16.4 Å². The quantitative estimate of drug-likeness (QED) is 0.364. The van der Waals surface area contributed by atoms with Crippen LogP contribution < -0.4 is 5.32 Å². The summed E-state index contributed by atoms with van der Waals surface area (Å²) in [5, 5.41) is 23.0. The molecule has 3 rings (SSSR count). The first kappa shape index (κ1) is 18.1. The number of hydrogen-bond donors (Lipinski definition) is 2. The van der Waals surface area contributed by atoms with E-state index in [2.05, 4.69) is 20.5 Å². The van der Waals surface area contributed by atoms with E-state index in [1.165, 1.54) is 28.8 Å². The van der Waals surface area contributed by atoms with Gasteiger partial charge in [0.05, 0.1) is 16.4 Å². The number of nitrogens with zero attached hydrogens (tertiary/aromatic N) is 3. The molecule has 0 aliphatic carbocycles. The molecule has 0 fully saturated rings. The molecule has 134 valence electrons. The van der Waals surface area contributed by atoms with Crippen LogP contribution in [-0.4, -0.2) is 31.8 Å².